The molecule has 0 radical (unpaired) electrons. The summed E-state index contributed by atoms with van der Waals surface area (Å²) in [6, 6.07) is 25.3. The van der Waals surface area contributed by atoms with Crippen molar-refractivity contribution >= 4 is 15.6 Å². The van der Waals surface area contributed by atoms with Crippen molar-refractivity contribution in [3.05, 3.63) is 108 Å². The van der Waals surface area contributed by atoms with E-state index in [0.29, 0.717) is 12.0 Å². The highest BCUT2D eigenvalue weighted by Gasteiger charge is 2.32. The van der Waals surface area contributed by atoms with Crippen LogP contribution in [0.3, 0.4) is 0 Å². The summed E-state index contributed by atoms with van der Waals surface area (Å²) in [7, 11) is -3.84. The van der Waals surface area contributed by atoms with Gasteiger partial charge >= 0.3 is 0 Å². The van der Waals surface area contributed by atoms with Gasteiger partial charge in [0.05, 0.1) is 17.5 Å². The lowest BCUT2D eigenvalue weighted by molar-refractivity contribution is 0.194. The van der Waals surface area contributed by atoms with Crippen molar-refractivity contribution in [2.24, 2.45) is 0 Å². The molecule has 0 saturated heterocycles. The zero-order chi connectivity index (χ0) is 21.6. The molecule has 4 nitrogen and oxygen atoms in total. The minimum Gasteiger partial charge on any atom is -0.395 e. The van der Waals surface area contributed by atoms with Crippen LogP contribution in [0.1, 0.15) is 16.7 Å². The van der Waals surface area contributed by atoms with E-state index in [4.69, 9.17) is 0 Å². The van der Waals surface area contributed by atoms with Crippen LogP contribution in [-0.2, 0) is 16.4 Å². The predicted molar refractivity (Wildman–Crippen MR) is 122 cm³/mol. The van der Waals surface area contributed by atoms with Crippen molar-refractivity contribution in [1.29, 1.82) is 0 Å². The van der Waals surface area contributed by atoms with Crippen LogP contribution in [0.15, 0.2) is 96.4 Å². The highest BCUT2D eigenvalue weighted by Crippen LogP contribution is 2.24. The molecule has 5 heteroatoms. The average Bonchev–Trinajstić information content (AvgIpc) is 2.77. The molecule has 0 amide bonds. The molecular weight excluding hydrogens is 394 g/mol. The lowest BCUT2D eigenvalue weighted by atomic mass is 10.0. The van der Waals surface area contributed by atoms with Crippen LogP contribution in [0.5, 0.6) is 0 Å². The standard InChI is InChI=1S/C25H27NO3S/c1-20-13-15-25(16-14-20)30(28,29)26(18-21(2)23-11-7-4-8-12-23)24(19-27)17-22-9-5-3-6-10-22/h3-16,24,27H,2,17-19H2,1H3/t24-/m0/s1. The minimum absolute atomic E-state index is 0.0955. The SMILES string of the molecule is C=C(CN([C@H](CO)Cc1ccccc1)S(=O)(=O)c1ccc(C)cc1)c1ccccc1. The highest BCUT2D eigenvalue weighted by molar-refractivity contribution is 7.89. The molecule has 0 aliphatic carbocycles. The molecular formula is C25H27NO3S. The van der Waals surface area contributed by atoms with Gasteiger partial charge in [-0.2, -0.15) is 4.31 Å². The summed E-state index contributed by atoms with van der Waals surface area (Å²) < 4.78 is 28.5. The summed E-state index contributed by atoms with van der Waals surface area (Å²) in [6.45, 7) is 5.84. The Bertz CT molecular complexity index is 1060. The van der Waals surface area contributed by atoms with Gasteiger partial charge in [0, 0.05) is 6.54 Å². The molecule has 0 fully saturated rings. The van der Waals surface area contributed by atoms with E-state index in [-0.39, 0.29) is 18.0 Å². The maximum atomic E-state index is 13.6. The fourth-order valence-electron chi connectivity index (χ4n) is 3.35. The Balaban J connectivity index is 1.98. The topological polar surface area (TPSA) is 57.6 Å². The van der Waals surface area contributed by atoms with E-state index in [0.717, 1.165) is 16.7 Å². The van der Waals surface area contributed by atoms with Gasteiger partial charge in [0.2, 0.25) is 10.0 Å². The first-order valence-corrected chi connectivity index (χ1v) is 11.3. The number of sulfonamides is 1. The van der Waals surface area contributed by atoms with Gasteiger partial charge in [-0.05, 0) is 42.2 Å². The maximum absolute atomic E-state index is 13.6. The van der Waals surface area contributed by atoms with Crippen LogP contribution in [0.25, 0.3) is 5.57 Å². The molecule has 0 spiro atoms. The summed E-state index contributed by atoms with van der Waals surface area (Å²) in [5.74, 6) is 0. The molecule has 0 aromatic heterocycles. The fourth-order valence-corrected chi connectivity index (χ4v) is 4.96. The van der Waals surface area contributed by atoms with Gasteiger partial charge in [-0.3, -0.25) is 0 Å². The van der Waals surface area contributed by atoms with Crippen LogP contribution in [0, 0.1) is 6.92 Å². The second-order valence-electron chi connectivity index (χ2n) is 7.36. The summed E-state index contributed by atoms with van der Waals surface area (Å²) >= 11 is 0. The number of benzene rings is 3. The molecule has 3 rings (SSSR count). The smallest absolute Gasteiger partial charge is 0.243 e. The molecule has 0 unspecified atom stereocenters. The summed E-state index contributed by atoms with van der Waals surface area (Å²) in [5.41, 5.74) is 3.50. The number of nitrogens with zero attached hydrogens (tertiary/aromatic N) is 1. The Morgan fingerprint density at radius 2 is 1.50 bits per heavy atom. The van der Waals surface area contributed by atoms with Gasteiger partial charge in [-0.15, -0.1) is 0 Å². The van der Waals surface area contributed by atoms with Crippen molar-refractivity contribution in [1.82, 2.24) is 4.31 Å². The quantitative estimate of drug-likeness (QED) is 0.560. The molecule has 0 heterocycles. The van der Waals surface area contributed by atoms with Gasteiger partial charge in [-0.1, -0.05) is 84.9 Å². The molecule has 1 atom stereocenters. The van der Waals surface area contributed by atoms with Crippen LogP contribution >= 0.6 is 0 Å². The van der Waals surface area contributed by atoms with Crippen LogP contribution in [0.2, 0.25) is 0 Å². The maximum Gasteiger partial charge on any atom is 0.243 e. The molecule has 1 N–H and O–H groups in total. The molecule has 3 aromatic carbocycles. The number of hydrogen-bond acceptors (Lipinski definition) is 3. The lowest BCUT2D eigenvalue weighted by Gasteiger charge is -2.30. The Hall–Kier alpha value is -2.73. The number of aliphatic hydroxyl groups excluding tert-OH is 1. The van der Waals surface area contributed by atoms with Crippen molar-refractivity contribution in [3.8, 4) is 0 Å². The second kappa shape index (κ2) is 9.85. The third-order valence-corrected chi connectivity index (χ3v) is 7.00. The second-order valence-corrected chi connectivity index (χ2v) is 9.25. The molecule has 0 aliphatic rings. The van der Waals surface area contributed by atoms with Gasteiger partial charge in [0.25, 0.3) is 0 Å². The number of aryl methyl sites for hydroxylation is 1. The number of rotatable bonds is 9. The first kappa shape index (κ1) is 22.0. The zero-order valence-corrected chi connectivity index (χ0v) is 17.9. The van der Waals surface area contributed by atoms with E-state index in [9.17, 15) is 13.5 Å². The predicted octanol–water partition coefficient (Wildman–Crippen LogP) is 4.30. The zero-order valence-electron chi connectivity index (χ0n) is 17.1. The number of aliphatic hydroxyl groups is 1. The van der Waals surface area contributed by atoms with Crippen LogP contribution in [-0.4, -0.2) is 37.0 Å². The molecule has 3 aromatic rings. The van der Waals surface area contributed by atoms with Crippen molar-refractivity contribution in [2.75, 3.05) is 13.2 Å². The molecule has 0 aliphatic heterocycles. The third-order valence-electron chi connectivity index (χ3n) is 5.09. The molecule has 0 bridgehead atoms. The van der Waals surface area contributed by atoms with Gasteiger partial charge in [-0.25, -0.2) is 8.42 Å². The van der Waals surface area contributed by atoms with Crippen LogP contribution < -0.4 is 0 Å². The van der Waals surface area contributed by atoms with E-state index < -0.39 is 16.1 Å². The molecule has 0 saturated carbocycles. The van der Waals surface area contributed by atoms with Gasteiger partial charge in [0.1, 0.15) is 0 Å². The Kier molecular flexibility index (Phi) is 7.21. The molecule has 30 heavy (non-hydrogen) atoms. The fraction of sp³-hybridized carbons (Fsp3) is 0.200. The average molecular weight is 422 g/mol. The van der Waals surface area contributed by atoms with Gasteiger partial charge < -0.3 is 5.11 Å². The first-order chi connectivity index (χ1) is 14.4. The van der Waals surface area contributed by atoms with E-state index in [1.807, 2.05) is 67.6 Å². The highest BCUT2D eigenvalue weighted by atomic mass is 32.2. The van der Waals surface area contributed by atoms with Crippen molar-refractivity contribution < 1.29 is 13.5 Å². The van der Waals surface area contributed by atoms with E-state index in [1.165, 1.54) is 4.31 Å². The van der Waals surface area contributed by atoms with Gasteiger partial charge in [0.15, 0.2) is 0 Å². The monoisotopic (exact) mass is 421 g/mol. The van der Waals surface area contributed by atoms with Crippen LogP contribution in [0.4, 0.5) is 0 Å². The van der Waals surface area contributed by atoms with Crippen molar-refractivity contribution in [3.63, 3.8) is 0 Å². The molecule has 156 valence electrons. The third kappa shape index (κ3) is 5.25. The Morgan fingerprint density at radius 1 is 0.933 bits per heavy atom. The Morgan fingerprint density at radius 3 is 2.07 bits per heavy atom. The summed E-state index contributed by atoms with van der Waals surface area (Å²) in [4.78, 5) is 0.209. The lowest BCUT2D eigenvalue weighted by Crippen LogP contribution is -2.44. The van der Waals surface area contributed by atoms with Crippen molar-refractivity contribution in [2.45, 2.75) is 24.3 Å². The summed E-state index contributed by atoms with van der Waals surface area (Å²) in [5, 5.41) is 10.2. The largest absolute Gasteiger partial charge is 0.395 e. The van der Waals surface area contributed by atoms with E-state index >= 15 is 0 Å². The van der Waals surface area contributed by atoms with E-state index in [1.54, 1.807) is 24.3 Å². The Labute approximate surface area is 179 Å². The minimum atomic E-state index is -3.84. The summed E-state index contributed by atoms with van der Waals surface area (Å²) in [6.07, 6.45) is 0.407. The first-order valence-electron chi connectivity index (χ1n) is 9.88. The van der Waals surface area contributed by atoms with E-state index in [2.05, 4.69) is 6.58 Å². The normalized spacial score (nSPS) is 12.6. The number of hydrogen-bond donors (Lipinski definition) is 1.